The number of rotatable bonds is 2. The summed E-state index contributed by atoms with van der Waals surface area (Å²) in [5, 5.41) is 3.14. The number of nitrogens with two attached hydrogens (primary N) is 1. The van der Waals surface area contributed by atoms with Crippen molar-refractivity contribution >= 4 is 28.2 Å². The van der Waals surface area contributed by atoms with Gasteiger partial charge in [0.25, 0.3) is 5.91 Å². The monoisotopic (exact) mass is 254 g/mol. The van der Waals surface area contributed by atoms with Crippen LogP contribution in [0.5, 0.6) is 0 Å². The van der Waals surface area contributed by atoms with E-state index in [-0.39, 0.29) is 5.91 Å². The molecule has 17 heavy (non-hydrogen) atoms. The minimum absolute atomic E-state index is 0.148. The number of hydrogen-bond acceptors (Lipinski definition) is 5. The van der Waals surface area contributed by atoms with E-state index in [0.29, 0.717) is 35.0 Å². The van der Waals surface area contributed by atoms with Gasteiger partial charge in [0.2, 0.25) is 0 Å². The maximum Gasteiger partial charge on any atom is 0.341 e. The van der Waals surface area contributed by atoms with Crippen LogP contribution in [0.1, 0.15) is 38.9 Å². The molecule has 0 spiro atoms. The van der Waals surface area contributed by atoms with Crippen LogP contribution < -0.4 is 11.1 Å². The van der Waals surface area contributed by atoms with E-state index < -0.39 is 5.97 Å². The van der Waals surface area contributed by atoms with E-state index in [4.69, 9.17) is 10.5 Å². The molecule has 0 fully saturated rings. The number of thiophene rings is 1. The maximum atomic E-state index is 11.8. The van der Waals surface area contributed by atoms with Crippen molar-refractivity contribution in [2.45, 2.75) is 19.8 Å². The first kappa shape index (κ1) is 11.9. The van der Waals surface area contributed by atoms with Gasteiger partial charge in [0.15, 0.2) is 0 Å². The van der Waals surface area contributed by atoms with Gasteiger partial charge in [-0.15, -0.1) is 11.3 Å². The third kappa shape index (κ3) is 2.12. The van der Waals surface area contributed by atoms with E-state index in [2.05, 4.69) is 5.32 Å². The van der Waals surface area contributed by atoms with Crippen molar-refractivity contribution in [3.8, 4) is 0 Å². The normalized spacial score (nSPS) is 14.8. The van der Waals surface area contributed by atoms with Gasteiger partial charge in [0, 0.05) is 6.54 Å². The lowest BCUT2D eigenvalue weighted by atomic mass is 10.1. The molecule has 0 radical (unpaired) electrons. The molecule has 1 amide bonds. The Morgan fingerprint density at radius 3 is 3.06 bits per heavy atom. The summed E-state index contributed by atoms with van der Waals surface area (Å²) in [6.07, 6.45) is 1.48. The van der Waals surface area contributed by atoms with E-state index in [1.54, 1.807) is 6.92 Å². The molecule has 1 aliphatic rings. The van der Waals surface area contributed by atoms with Crippen LogP contribution in [0.3, 0.4) is 0 Å². The smallest absolute Gasteiger partial charge is 0.341 e. The van der Waals surface area contributed by atoms with Gasteiger partial charge >= 0.3 is 5.97 Å². The third-order valence-corrected chi connectivity index (χ3v) is 3.67. The topological polar surface area (TPSA) is 81.4 Å². The predicted octanol–water partition coefficient (Wildman–Crippen LogP) is 1.18. The maximum absolute atomic E-state index is 11.8. The quantitative estimate of drug-likeness (QED) is 0.777. The van der Waals surface area contributed by atoms with Crippen molar-refractivity contribution < 1.29 is 14.3 Å². The molecule has 2 rings (SSSR count). The summed E-state index contributed by atoms with van der Waals surface area (Å²) >= 11 is 1.16. The van der Waals surface area contributed by atoms with E-state index in [1.807, 2.05) is 0 Å². The SMILES string of the molecule is CCOC(=O)c1c(N)sc2c1CCCNC2=O. The van der Waals surface area contributed by atoms with E-state index in [1.165, 1.54) is 0 Å². The largest absolute Gasteiger partial charge is 0.462 e. The van der Waals surface area contributed by atoms with Crippen molar-refractivity contribution in [3.63, 3.8) is 0 Å². The molecule has 3 N–H and O–H groups in total. The molecule has 0 saturated heterocycles. The van der Waals surface area contributed by atoms with Crippen molar-refractivity contribution in [1.82, 2.24) is 5.32 Å². The van der Waals surface area contributed by atoms with E-state index >= 15 is 0 Å². The number of amides is 1. The molecular weight excluding hydrogens is 240 g/mol. The molecule has 1 aromatic heterocycles. The molecule has 1 aliphatic heterocycles. The molecule has 0 aliphatic carbocycles. The van der Waals surface area contributed by atoms with Crippen LogP contribution in [0.15, 0.2) is 0 Å². The highest BCUT2D eigenvalue weighted by atomic mass is 32.1. The number of carbonyl (C=O) groups is 2. The Kier molecular flexibility index (Phi) is 3.33. The standard InChI is InChI=1S/C11H14N2O3S/c1-2-16-11(15)7-6-4-3-5-13-10(14)8(6)17-9(7)12/h2-5,12H2,1H3,(H,13,14). The lowest BCUT2D eigenvalue weighted by molar-refractivity contribution is 0.0527. The second kappa shape index (κ2) is 4.75. The number of esters is 1. The zero-order valence-electron chi connectivity index (χ0n) is 9.54. The molecule has 5 nitrogen and oxygen atoms in total. The molecule has 0 aromatic carbocycles. The van der Waals surface area contributed by atoms with Crippen LogP contribution in [-0.4, -0.2) is 25.0 Å². The van der Waals surface area contributed by atoms with Crippen molar-refractivity contribution in [1.29, 1.82) is 0 Å². The second-order valence-corrected chi connectivity index (χ2v) is 4.78. The van der Waals surface area contributed by atoms with Gasteiger partial charge in [-0.25, -0.2) is 4.79 Å². The van der Waals surface area contributed by atoms with Crippen LogP contribution in [0.2, 0.25) is 0 Å². The van der Waals surface area contributed by atoms with Crippen LogP contribution in [0.25, 0.3) is 0 Å². The molecule has 2 heterocycles. The van der Waals surface area contributed by atoms with Crippen LogP contribution in [-0.2, 0) is 11.2 Å². The highest BCUT2D eigenvalue weighted by Gasteiger charge is 2.27. The minimum atomic E-state index is -0.433. The zero-order valence-corrected chi connectivity index (χ0v) is 10.4. The van der Waals surface area contributed by atoms with Crippen LogP contribution in [0, 0.1) is 0 Å². The third-order valence-electron chi connectivity index (χ3n) is 2.61. The van der Waals surface area contributed by atoms with Crippen LogP contribution in [0.4, 0.5) is 5.00 Å². The minimum Gasteiger partial charge on any atom is -0.462 e. The summed E-state index contributed by atoms with van der Waals surface area (Å²) in [7, 11) is 0. The van der Waals surface area contributed by atoms with Gasteiger partial charge in [0.1, 0.15) is 5.00 Å². The number of anilines is 1. The Morgan fingerprint density at radius 2 is 2.35 bits per heavy atom. The molecule has 0 unspecified atom stereocenters. The van der Waals surface area contributed by atoms with Gasteiger partial charge in [-0.3, -0.25) is 4.79 Å². The highest BCUT2D eigenvalue weighted by Crippen LogP contribution is 2.33. The Balaban J connectivity index is 2.46. The average molecular weight is 254 g/mol. The van der Waals surface area contributed by atoms with Crippen molar-refractivity contribution in [3.05, 3.63) is 16.0 Å². The van der Waals surface area contributed by atoms with Crippen molar-refractivity contribution in [2.75, 3.05) is 18.9 Å². The highest BCUT2D eigenvalue weighted by molar-refractivity contribution is 7.18. The summed E-state index contributed by atoms with van der Waals surface area (Å²) in [6.45, 7) is 2.67. The Bertz CT molecular complexity index is 468. The second-order valence-electron chi connectivity index (χ2n) is 3.73. The van der Waals surface area contributed by atoms with Gasteiger partial charge in [-0.05, 0) is 25.3 Å². The fraction of sp³-hybridized carbons (Fsp3) is 0.455. The average Bonchev–Trinajstić information content (AvgIpc) is 2.52. The fourth-order valence-corrected chi connectivity index (χ4v) is 2.90. The first-order chi connectivity index (χ1) is 8.15. The summed E-state index contributed by atoms with van der Waals surface area (Å²) in [4.78, 5) is 24.1. The lowest BCUT2D eigenvalue weighted by Gasteiger charge is -2.04. The summed E-state index contributed by atoms with van der Waals surface area (Å²) in [5.74, 6) is -0.582. The fourth-order valence-electron chi connectivity index (χ4n) is 1.88. The van der Waals surface area contributed by atoms with Crippen molar-refractivity contribution in [2.24, 2.45) is 0 Å². The van der Waals surface area contributed by atoms with E-state index in [9.17, 15) is 9.59 Å². The predicted molar refractivity (Wildman–Crippen MR) is 65.3 cm³/mol. The van der Waals surface area contributed by atoms with Gasteiger partial charge in [-0.1, -0.05) is 0 Å². The summed E-state index contributed by atoms with van der Waals surface area (Å²) < 4.78 is 4.97. The lowest BCUT2D eigenvalue weighted by Crippen LogP contribution is -2.21. The number of ether oxygens (including phenoxy) is 1. The summed E-state index contributed by atoms with van der Waals surface area (Å²) in [5.41, 5.74) is 6.92. The Labute approximate surface area is 103 Å². The van der Waals surface area contributed by atoms with Gasteiger partial charge in [0.05, 0.1) is 17.0 Å². The number of hydrogen-bond donors (Lipinski definition) is 2. The Hall–Kier alpha value is -1.56. The number of carbonyl (C=O) groups excluding carboxylic acids is 2. The molecule has 6 heteroatoms. The molecular formula is C11H14N2O3S. The zero-order chi connectivity index (χ0) is 12.4. The first-order valence-corrected chi connectivity index (χ1v) is 6.33. The molecule has 0 atom stereocenters. The molecule has 0 saturated carbocycles. The molecule has 92 valence electrons. The molecule has 0 bridgehead atoms. The Morgan fingerprint density at radius 1 is 1.59 bits per heavy atom. The van der Waals surface area contributed by atoms with E-state index in [0.717, 1.165) is 23.3 Å². The summed E-state index contributed by atoms with van der Waals surface area (Å²) in [6, 6.07) is 0. The number of nitrogen functional groups attached to an aromatic ring is 1. The van der Waals surface area contributed by atoms with Gasteiger partial charge < -0.3 is 15.8 Å². The first-order valence-electron chi connectivity index (χ1n) is 5.51. The van der Waals surface area contributed by atoms with Crippen LogP contribution >= 0.6 is 11.3 Å². The van der Waals surface area contributed by atoms with Gasteiger partial charge in [-0.2, -0.15) is 0 Å². The number of nitrogens with one attached hydrogen (secondary N) is 1. The number of fused-ring (bicyclic) bond motifs is 1. The molecule has 1 aromatic rings.